The normalized spacial score (nSPS) is 13.4. The van der Waals surface area contributed by atoms with Crippen molar-refractivity contribution in [3.05, 3.63) is 195 Å². The van der Waals surface area contributed by atoms with Gasteiger partial charge < -0.3 is 38.4 Å². The molecule has 0 atom stereocenters. The van der Waals surface area contributed by atoms with Gasteiger partial charge >= 0.3 is 0 Å². The summed E-state index contributed by atoms with van der Waals surface area (Å²) < 4.78 is 21.0. The summed E-state index contributed by atoms with van der Waals surface area (Å²) in [7, 11) is 0. The topological polar surface area (TPSA) is 68.3 Å². The minimum Gasteiger partial charge on any atom is -0.511 e. The van der Waals surface area contributed by atoms with Crippen molar-refractivity contribution in [3.63, 3.8) is 0 Å². The average molecular weight is 1250 g/mol. The molecule has 2 aliphatic rings. The van der Waals surface area contributed by atoms with Crippen LogP contribution < -0.4 is 28.4 Å². The minimum absolute atomic E-state index is 0. The second kappa shape index (κ2) is 19.8. The number of aromatic nitrogens is 6. The third-order valence-electron chi connectivity index (χ3n) is 12.2. The fourth-order valence-corrected chi connectivity index (χ4v) is 9.06. The van der Waals surface area contributed by atoms with Crippen LogP contribution in [0.3, 0.4) is 0 Å². The molecule has 0 saturated carbocycles. The second-order valence-electron chi connectivity index (χ2n) is 16.5. The molecule has 0 unspecified atom stereocenters. The fourth-order valence-electron chi connectivity index (χ4n) is 9.06. The van der Waals surface area contributed by atoms with Gasteiger partial charge in [-0.1, -0.05) is 60.7 Å². The van der Waals surface area contributed by atoms with E-state index in [2.05, 4.69) is 151 Å². The molecule has 10 aromatic rings. The molecule has 0 N–H and O–H groups in total. The van der Waals surface area contributed by atoms with E-state index in [0.717, 1.165) is 71.0 Å². The Labute approximate surface area is 424 Å². The Balaban J connectivity index is 0.00000269. The van der Waals surface area contributed by atoms with Gasteiger partial charge in [0.1, 0.15) is 0 Å². The number of hydrogen-bond donors (Lipinski definition) is 0. The third kappa shape index (κ3) is 8.99. The Bertz CT molecular complexity index is 3170. The number of pyridine rings is 2. The Morgan fingerprint density at radius 3 is 1.26 bits per heavy atom. The Hall–Kier alpha value is -6.86. The first kappa shape index (κ1) is 44.9. The van der Waals surface area contributed by atoms with Gasteiger partial charge in [-0.2, -0.15) is 36.4 Å². The fraction of sp³-hybridized carbons (Fsp3) is 0.143. The van der Waals surface area contributed by atoms with Crippen LogP contribution in [0.1, 0.15) is 25.7 Å². The molecular weight excluding hydrogens is 1210 g/mol. The smallest absolute Gasteiger partial charge is 0.268 e. The molecular formula is C56H42N8O2Pt2-4. The van der Waals surface area contributed by atoms with Crippen LogP contribution >= 0.6 is 0 Å². The van der Waals surface area contributed by atoms with E-state index in [1.54, 1.807) is 24.5 Å². The average Bonchev–Trinajstić information content (AvgIpc) is 4.22. The maximum Gasteiger partial charge on any atom is 0.268 e. The summed E-state index contributed by atoms with van der Waals surface area (Å²) in [6.07, 6.45) is 15.4. The van der Waals surface area contributed by atoms with E-state index in [0.29, 0.717) is 34.4 Å². The number of nitrogens with zero attached hydrogens (tertiary/aromatic N) is 8. The number of hydrogen-bond acceptors (Lipinski definition) is 6. The van der Waals surface area contributed by atoms with Crippen LogP contribution in [0, 0.1) is 36.9 Å². The summed E-state index contributed by atoms with van der Waals surface area (Å²) in [5, 5.41) is 0. The van der Waals surface area contributed by atoms with Crippen molar-refractivity contribution >= 4 is 33.4 Å². The summed E-state index contributed by atoms with van der Waals surface area (Å²) in [6, 6.07) is 62.7. The molecule has 2 saturated heterocycles. The molecule has 2 aliphatic heterocycles. The summed E-state index contributed by atoms with van der Waals surface area (Å²) in [5.41, 5.74) is 11.2. The zero-order valence-corrected chi connectivity index (χ0v) is 41.2. The number of fused-ring (bicyclic) bond motifs is 2. The van der Waals surface area contributed by atoms with Crippen LogP contribution in [-0.4, -0.2) is 45.3 Å². The van der Waals surface area contributed by atoms with Gasteiger partial charge in [-0.25, -0.2) is 0 Å². The first-order chi connectivity index (χ1) is 32.7. The molecule has 0 aliphatic carbocycles. The summed E-state index contributed by atoms with van der Waals surface area (Å²) in [6.45, 7) is 4.35. The van der Waals surface area contributed by atoms with Gasteiger partial charge in [-0.3, -0.25) is 9.13 Å². The van der Waals surface area contributed by atoms with Gasteiger partial charge in [0.25, 0.3) is 12.7 Å². The van der Waals surface area contributed by atoms with Crippen molar-refractivity contribution in [2.75, 3.05) is 36.0 Å². The van der Waals surface area contributed by atoms with Crippen LogP contribution in [0.4, 0.5) is 11.4 Å². The van der Waals surface area contributed by atoms with E-state index in [1.165, 1.54) is 37.1 Å². The van der Waals surface area contributed by atoms with Gasteiger partial charge in [0.2, 0.25) is 0 Å². The first-order valence-electron chi connectivity index (χ1n) is 22.5. The Kier molecular flexibility index (Phi) is 13.1. The number of imidazole rings is 2. The standard InChI is InChI=1S/C56H42N8O2.2Pt/c1-3-23-55-53(21-1)61(43-15-9-13-41(33-43)59-29-5-6-30-59)39-63(55)45-17-11-19-47(35-45)65-49-25-27-57-51(37-49)52-38-50(26-28-58-52)66-48-20-12-18-46(36-48)64-40-62(54-22-2-4-24-56(54)64)44-16-10-14-42(34-44)60-31-7-8-32-60;;/h1-4,9-28,33-34H,5-8,29-32H2;;/q-4;;. The number of ether oxygens (including phenoxy) is 2. The van der Waals surface area contributed by atoms with Crippen molar-refractivity contribution in [1.29, 1.82) is 0 Å². The van der Waals surface area contributed by atoms with Gasteiger partial charge in [-0.15, -0.1) is 47.8 Å². The Morgan fingerprint density at radius 2 is 0.809 bits per heavy atom. The molecule has 0 amide bonds. The SMILES string of the molecule is [Pt].[Pt].[c-]1c(Oc2[c-]c(-c3[c-]c(Oc4[c-]c(-[n+]5[c-]n(-c6cccc(N7CCCC7)c6)c6ccccc65)ccc4)ccn3)ncc2)cccc1-[n+]1[c-]n(-c2cccc(N3CCCC3)c2)c2ccccc21. The molecule has 4 aromatic heterocycles. The molecule has 2 fully saturated rings. The van der Waals surface area contributed by atoms with Gasteiger partial charge in [0.05, 0.1) is 33.4 Å². The molecule has 12 rings (SSSR count). The molecule has 342 valence electrons. The largest absolute Gasteiger partial charge is 0.511 e. The number of anilines is 2. The predicted molar refractivity (Wildman–Crippen MR) is 253 cm³/mol. The van der Waals surface area contributed by atoms with Crippen molar-refractivity contribution in [2.45, 2.75) is 25.7 Å². The number of para-hydroxylation sites is 4. The van der Waals surface area contributed by atoms with Crippen molar-refractivity contribution in [2.24, 2.45) is 0 Å². The van der Waals surface area contributed by atoms with Gasteiger partial charge in [-0.05, 0) is 85.8 Å². The molecule has 0 radical (unpaired) electrons. The van der Waals surface area contributed by atoms with Crippen LogP contribution in [0.15, 0.2) is 158 Å². The molecule has 6 heterocycles. The van der Waals surface area contributed by atoms with Gasteiger partial charge in [0.15, 0.2) is 0 Å². The zero-order valence-electron chi connectivity index (χ0n) is 36.7. The monoisotopic (exact) mass is 1250 g/mol. The van der Waals surface area contributed by atoms with E-state index in [1.807, 2.05) is 57.7 Å². The maximum absolute atomic E-state index is 6.37. The molecule has 10 nitrogen and oxygen atoms in total. The molecule has 68 heavy (non-hydrogen) atoms. The summed E-state index contributed by atoms with van der Waals surface area (Å²) in [5.74, 6) is 1.96. The Morgan fingerprint density at radius 1 is 0.412 bits per heavy atom. The van der Waals surface area contributed by atoms with Crippen LogP contribution in [-0.2, 0) is 42.1 Å². The van der Waals surface area contributed by atoms with Crippen LogP contribution in [0.2, 0.25) is 0 Å². The summed E-state index contributed by atoms with van der Waals surface area (Å²) >= 11 is 0. The van der Waals surface area contributed by atoms with Crippen molar-refractivity contribution in [3.8, 4) is 57.1 Å². The molecule has 12 heteroatoms. The first-order valence-corrected chi connectivity index (χ1v) is 22.5. The minimum atomic E-state index is 0. The zero-order chi connectivity index (χ0) is 43.8. The van der Waals surface area contributed by atoms with Crippen molar-refractivity contribution in [1.82, 2.24) is 19.1 Å². The quantitative estimate of drug-likeness (QED) is 0.0950. The van der Waals surface area contributed by atoms with E-state index < -0.39 is 0 Å². The van der Waals surface area contributed by atoms with E-state index in [-0.39, 0.29) is 42.1 Å². The maximum atomic E-state index is 6.37. The van der Waals surface area contributed by atoms with E-state index in [9.17, 15) is 0 Å². The van der Waals surface area contributed by atoms with Crippen LogP contribution in [0.25, 0.3) is 56.2 Å². The second-order valence-corrected chi connectivity index (χ2v) is 16.5. The molecule has 6 aromatic carbocycles. The predicted octanol–water partition coefficient (Wildman–Crippen LogP) is 10.2. The third-order valence-corrected chi connectivity index (χ3v) is 12.2. The number of rotatable bonds is 11. The van der Waals surface area contributed by atoms with Crippen molar-refractivity contribution < 1.29 is 60.7 Å². The molecule has 0 bridgehead atoms. The van der Waals surface area contributed by atoms with Crippen LogP contribution in [0.5, 0.6) is 23.0 Å². The summed E-state index contributed by atoms with van der Waals surface area (Å²) in [4.78, 5) is 14.0. The van der Waals surface area contributed by atoms with Gasteiger partial charge in [0, 0.05) is 103 Å². The van der Waals surface area contributed by atoms with E-state index in [4.69, 9.17) is 9.47 Å². The number of benzene rings is 6. The molecule has 0 spiro atoms. The van der Waals surface area contributed by atoms with E-state index >= 15 is 0 Å².